The first-order valence-corrected chi connectivity index (χ1v) is 11.4. The number of sulfone groups is 1. The predicted molar refractivity (Wildman–Crippen MR) is 113 cm³/mol. The quantitative estimate of drug-likeness (QED) is 0.638. The van der Waals surface area contributed by atoms with E-state index in [0.29, 0.717) is 4.90 Å². The van der Waals surface area contributed by atoms with Crippen LogP contribution >= 0.6 is 0 Å². The molecule has 7 nitrogen and oxygen atoms in total. The van der Waals surface area contributed by atoms with E-state index in [1.165, 1.54) is 0 Å². The molecular weight excluding hydrogens is 388 g/mol. The highest BCUT2D eigenvalue weighted by molar-refractivity contribution is 7.91. The van der Waals surface area contributed by atoms with E-state index in [9.17, 15) is 8.42 Å². The van der Waals surface area contributed by atoms with E-state index in [-0.39, 0.29) is 23.8 Å². The summed E-state index contributed by atoms with van der Waals surface area (Å²) in [4.78, 5) is 14.3. The number of methoxy groups -OCH3 is 1. The van der Waals surface area contributed by atoms with Gasteiger partial charge in [0.25, 0.3) is 0 Å². The second kappa shape index (κ2) is 7.76. The molecule has 1 aliphatic rings. The van der Waals surface area contributed by atoms with Crippen molar-refractivity contribution in [1.82, 2.24) is 15.0 Å². The zero-order chi connectivity index (χ0) is 20.6. The fourth-order valence-electron chi connectivity index (χ4n) is 3.95. The number of hydrogen-bond donors (Lipinski definition) is 1. The van der Waals surface area contributed by atoms with Crippen LogP contribution in [0.5, 0.6) is 0 Å². The van der Waals surface area contributed by atoms with Crippen LogP contribution in [0.25, 0.3) is 11.0 Å². The number of aromatic amines is 1. The highest BCUT2D eigenvalue weighted by Gasteiger charge is 2.36. The van der Waals surface area contributed by atoms with Crippen molar-refractivity contribution in [1.29, 1.82) is 0 Å². The lowest BCUT2D eigenvalue weighted by Gasteiger charge is -2.41. The Morgan fingerprint density at radius 2 is 1.93 bits per heavy atom. The molecule has 1 saturated carbocycles. The van der Waals surface area contributed by atoms with Gasteiger partial charge < -0.3 is 14.6 Å². The van der Waals surface area contributed by atoms with E-state index >= 15 is 0 Å². The third-order valence-electron chi connectivity index (χ3n) is 5.94. The molecule has 29 heavy (non-hydrogen) atoms. The molecule has 1 aliphatic carbocycles. The van der Waals surface area contributed by atoms with Crippen molar-refractivity contribution >= 4 is 26.7 Å². The van der Waals surface area contributed by atoms with Crippen LogP contribution in [-0.4, -0.2) is 49.3 Å². The number of fused-ring (bicyclic) bond motifs is 1. The molecule has 3 aromatic rings. The van der Waals surface area contributed by atoms with E-state index in [0.717, 1.165) is 35.3 Å². The molecule has 4 rings (SSSR count). The molecule has 154 valence electrons. The number of benzene rings is 1. The van der Waals surface area contributed by atoms with E-state index < -0.39 is 9.84 Å². The normalized spacial score (nSPS) is 20.4. The minimum atomic E-state index is -3.30. The molecule has 1 aromatic carbocycles. The van der Waals surface area contributed by atoms with Gasteiger partial charge in [-0.1, -0.05) is 12.1 Å². The van der Waals surface area contributed by atoms with E-state index in [2.05, 4.69) is 19.9 Å². The zero-order valence-electron chi connectivity index (χ0n) is 16.9. The van der Waals surface area contributed by atoms with Crippen LogP contribution in [0.2, 0.25) is 0 Å². The molecule has 0 saturated heterocycles. The summed E-state index contributed by atoms with van der Waals surface area (Å²) in [5.74, 6) is 1.22. The molecule has 0 radical (unpaired) electrons. The fraction of sp³-hybridized carbons (Fsp3) is 0.429. The van der Waals surface area contributed by atoms with Crippen molar-refractivity contribution < 1.29 is 13.2 Å². The lowest BCUT2D eigenvalue weighted by molar-refractivity contribution is 0.119. The van der Waals surface area contributed by atoms with E-state index in [1.807, 2.05) is 38.4 Å². The first-order valence-electron chi connectivity index (χ1n) is 9.75. The lowest BCUT2D eigenvalue weighted by Crippen LogP contribution is -2.45. The maximum absolute atomic E-state index is 12.8. The molecule has 1 N–H and O–H groups in total. The van der Waals surface area contributed by atoms with Crippen molar-refractivity contribution in [2.75, 3.05) is 24.8 Å². The fourth-order valence-corrected chi connectivity index (χ4v) is 5.59. The number of rotatable bonds is 7. The monoisotopic (exact) mass is 414 g/mol. The summed E-state index contributed by atoms with van der Waals surface area (Å²) in [6, 6.07) is 9.28. The number of hydrogen-bond acceptors (Lipinski definition) is 6. The van der Waals surface area contributed by atoms with Crippen molar-refractivity contribution in [3.63, 3.8) is 0 Å². The van der Waals surface area contributed by atoms with Crippen LogP contribution in [0.4, 0.5) is 5.82 Å². The number of nitrogens with one attached hydrogen (secondary N) is 1. The van der Waals surface area contributed by atoms with Gasteiger partial charge in [0, 0.05) is 26.4 Å². The summed E-state index contributed by atoms with van der Waals surface area (Å²) in [6.45, 7) is 1.94. The van der Waals surface area contributed by atoms with Gasteiger partial charge in [0.1, 0.15) is 17.8 Å². The molecule has 1 atom stereocenters. The Kier molecular flexibility index (Phi) is 5.31. The van der Waals surface area contributed by atoms with Crippen molar-refractivity contribution in [3.8, 4) is 0 Å². The van der Waals surface area contributed by atoms with Gasteiger partial charge in [-0.05, 0) is 49.4 Å². The summed E-state index contributed by atoms with van der Waals surface area (Å²) in [5, 5.41) is 0.983. The highest BCUT2D eigenvalue weighted by atomic mass is 32.2. The number of anilines is 1. The standard InChI is InChI=1S/C21H26N4O3S/c1-14(28-3)16-4-6-18(7-5-16)29(26,27)12-15-10-17(11-15)25(2)21-19-8-9-22-20(19)23-13-24-21/h4-9,13-15,17H,10-12H2,1-3H3,(H,22,23,24). The predicted octanol–water partition coefficient (Wildman–Crippen LogP) is 3.35. The van der Waals surface area contributed by atoms with Gasteiger partial charge in [-0.3, -0.25) is 0 Å². The first-order chi connectivity index (χ1) is 13.9. The number of ether oxygens (including phenoxy) is 1. The third kappa shape index (κ3) is 3.86. The number of nitrogens with zero attached hydrogens (tertiary/aromatic N) is 3. The van der Waals surface area contributed by atoms with Crippen LogP contribution in [0.15, 0.2) is 47.8 Å². The largest absolute Gasteiger partial charge is 0.377 e. The average molecular weight is 415 g/mol. The minimum Gasteiger partial charge on any atom is -0.377 e. The molecule has 1 unspecified atom stereocenters. The Morgan fingerprint density at radius 3 is 2.62 bits per heavy atom. The second-order valence-corrected chi connectivity index (χ2v) is 9.80. The Morgan fingerprint density at radius 1 is 1.21 bits per heavy atom. The van der Waals surface area contributed by atoms with Gasteiger partial charge in [-0.2, -0.15) is 0 Å². The second-order valence-electron chi connectivity index (χ2n) is 7.77. The minimum absolute atomic E-state index is 0.0528. The third-order valence-corrected chi connectivity index (χ3v) is 7.84. The van der Waals surface area contributed by atoms with Crippen LogP contribution in [0.1, 0.15) is 31.4 Å². The molecular formula is C21H26N4O3S. The smallest absolute Gasteiger partial charge is 0.178 e. The molecule has 0 amide bonds. The van der Waals surface area contributed by atoms with Crippen LogP contribution in [0.3, 0.4) is 0 Å². The molecule has 1 fully saturated rings. The Bertz CT molecular complexity index is 1090. The number of aromatic nitrogens is 3. The van der Waals surface area contributed by atoms with Crippen LogP contribution in [-0.2, 0) is 14.6 Å². The summed E-state index contributed by atoms with van der Waals surface area (Å²) in [5.41, 5.74) is 1.78. The molecule has 2 aromatic heterocycles. The van der Waals surface area contributed by atoms with Gasteiger partial charge >= 0.3 is 0 Å². The molecule has 0 bridgehead atoms. The van der Waals surface area contributed by atoms with Gasteiger partial charge in [-0.15, -0.1) is 0 Å². The van der Waals surface area contributed by atoms with Gasteiger partial charge in [0.15, 0.2) is 9.84 Å². The van der Waals surface area contributed by atoms with E-state index in [4.69, 9.17) is 4.74 Å². The molecule has 8 heteroatoms. The lowest BCUT2D eigenvalue weighted by atomic mass is 9.81. The van der Waals surface area contributed by atoms with Gasteiger partial charge in [-0.25, -0.2) is 18.4 Å². The SMILES string of the molecule is COC(C)c1ccc(S(=O)(=O)CC2CC(N(C)c3ncnc4[nH]ccc34)C2)cc1. The van der Waals surface area contributed by atoms with Gasteiger partial charge in [0.2, 0.25) is 0 Å². The summed E-state index contributed by atoms with van der Waals surface area (Å²) >= 11 is 0. The summed E-state index contributed by atoms with van der Waals surface area (Å²) in [6.07, 6.45) is 5.03. The maximum Gasteiger partial charge on any atom is 0.178 e. The van der Waals surface area contributed by atoms with E-state index in [1.54, 1.807) is 25.6 Å². The Hall–Kier alpha value is -2.45. The van der Waals surface area contributed by atoms with Crippen LogP contribution in [0, 0.1) is 5.92 Å². The summed E-state index contributed by atoms with van der Waals surface area (Å²) in [7, 11) is 0.356. The Labute approximate surface area is 171 Å². The van der Waals surface area contributed by atoms with Crippen molar-refractivity contribution in [2.45, 2.75) is 36.8 Å². The zero-order valence-corrected chi connectivity index (χ0v) is 17.7. The van der Waals surface area contributed by atoms with Crippen molar-refractivity contribution in [3.05, 3.63) is 48.4 Å². The maximum atomic E-state index is 12.8. The molecule has 0 spiro atoms. The number of H-pyrrole nitrogens is 1. The van der Waals surface area contributed by atoms with Gasteiger partial charge in [0.05, 0.1) is 22.1 Å². The summed E-state index contributed by atoms with van der Waals surface area (Å²) < 4.78 is 30.9. The average Bonchev–Trinajstić information content (AvgIpc) is 3.18. The van der Waals surface area contributed by atoms with Crippen LogP contribution < -0.4 is 4.90 Å². The topological polar surface area (TPSA) is 88.2 Å². The highest BCUT2D eigenvalue weighted by Crippen LogP contribution is 2.36. The molecule has 2 heterocycles. The first kappa shape index (κ1) is 19.8. The Balaban J connectivity index is 1.39. The van der Waals surface area contributed by atoms with Crippen molar-refractivity contribution in [2.24, 2.45) is 5.92 Å². The molecule has 0 aliphatic heterocycles.